The van der Waals surface area contributed by atoms with E-state index in [0.717, 1.165) is 6.42 Å². The van der Waals surface area contributed by atoms with Crippen molar-refractivity contribution in [2.75, 3.05) is 6.54 Å². The first kappa shape index (κ1) is 32.9. The lowest BCUT2D eigenvalue weighted by molar-refractivity contribution is -0.139. The van der Waals surface area contributed by atoms with Crippen molar-refractivity contribution in [1.29, 1.82) is 0 Å². The highest BCUT2D eigenvalue weighted by Crippen LogP contribution is 2.30. The van der Waals surface area contributed by atoms with Gasteiger partial charge in [0, 0.05) is 19.4 Å². The summed E-state index contributed by atoms with van der Waals surface area (Å²) in [6.07, 6.45) is 0.276. The molecule has 0 aliphatic rings. The molecule has 0 fully saturated rings. The van der Waals surface area contributed by atoms with E-state index in [0.29, 0.717) is 12.0 Å². The molecule has 10 nitrogen and oxygen atoms in total. The Kier molecular flexibility index (Phi) is 14.4. The number of aliphatic carboxylic acids is 1. The van der Waals surface area contributed by atoms with Crippen molar-refractivity contribution in [3.8, 4) is 11.5 Å². The highest BCUT2D eigenvalue weighted by molar-refractivity contribution is 5.77. The number of esters is 2. The molecule has 2 unspecified atom stereocenters. The lowest BCUT2D eigenvalue weighted by Gasteiger charge is -2.20. The Bertz CT molecular complexity index is 929. The van der Waals surface area contributed by atoms with E-state index >= 15 is 0 Å². The molecule has 0 heterocycles. The van der Waals surface area contributed by atoms with E-state index in [1.54, 1.807) is 19.9 Å². The molecule has 0 spiro atoms. The molecule has 2 N–H and O–H groups in total. The van der Waals surface area contributed by atoms with Gasteiger partial charge in [0.2, 0.25) is 0 Å². The maximum atomic E-state index is 12.3. The zero-order valence-corrected chi connectivity index (χ0v) is 23.6. The summed E-state index contributed by atoms with van der Waals surface area (Å²) in [6, 6.07) is 3.58. The van der Waals surface area contributed by atoms with Gasteiger partial charge < -0.3 is 29.4 Å². The maximum absolute atomic E-state index is 12.3. The zero-order chi connectivity index (χ0) is 28.8. The molecule has 10 heteroatoms. The second kappa shape index (κ2) is 16.7. The second-order valence-corrected chi connectivity index (χ2v) is 10.3. The van der Waals surface area contributed by atoms with E-state index in [4.69, 9.17) is 18.9 Å². The minimum atomic E-state index is -1.11. The lowest BCUT2D eigenvalue weighted by Crippen LogP contribution is -2.42. The second-order valence-electron chi connectivity index (χ2n) is 10.3. The van der Waals surface area contributed by atoms with E-state index in [2.05, 4.69) is 5.32 Å². The number of rotatable bonds is 16. The minimum absolute atomic E-state index is 0.0367. The van der Waals surface area contributed by atoms with Crippen molar-refractivity contribution in [2.24, 2.45) is 11.8 Å². The van der Waals surface area contributed by atoms with E-state index in [9.17, 15) is 24.3 Å². The average Bonchev–Trinajstić information content (AvgIpc) is 2.76. The molecule has 0 bridgehead atoms. The van der Waals surface area contributed by atoms with E-state index in [-0.39, 0.29) is 55.2 Å². The van der Waals surface area contributed by atoms with Crippen LogP contribution in [0.4, 0.5) is 4.79 Å². The summed E-state index contributed by atoms with van der Waals surface area (Å²) in [4.78, 5) is 48.3. The molecule has 3 atom stereocenters. The molecule has 1 aromatic rings. The van der Waals surface area contributed by atoms with Crippen LogP contribution in [0.25, 0.3) is 0 Å². The van der Waals surface area contributed by atoms with E-state index < -0.39 is 36.2 Å². The summed E-state index contributed by atoms with van der Waals surface area (Å²) in [6.45, 7) is 13.0. The molecular formula is C28H43NO9. The molecular weight excluding hydrogens is 494 g/mol. The molecule has 0 aliphatic heterocycles. The number of benzene rings is 1. The molecule has 0 amide bonds. The fourth-order valence-corrected chi connectivity index (χ4v) is 3.49. The van der Waals surface area contributed by atoms with Crippen molar-refractivity contribution in [2.45, 2.75) is 98.8 Å². The number of carbonyl (C=O) groups excluding carboxylic acids is 3. The predicted octanol–water partition coefficient (Wildman–Crippen LogP) is 4.91. The van der Waals surface area contributed by atoms with Crippen LogP contribution in [0.5, 0.6) is 11.5 Å². The van der Waals surface area contributed by atoms with Gasteiger partial charge in [-0.05, 0) is 56.2 Å². The first-order valence-electron chi connectivity index (χ1n) is 13.2. The van der Waals surface area contributed by atoms with Crippen LogP contribution < -0.4 is 14.8 Å². The number of ether oxygens (including phenoxy) is 4. The average molecular weight is 538 g/mol. The van der Waals surface area contributed by atoms with Gasteiger partial charge in [0.1, 0.15) is 18.2 Å². The van der Waals surface area contributed by atoms with Crippen LogP contribution in [0, 0.1) is 11.8 Å². The molecule has 1 rings (SSSR count). The quantitative estimate of drug-likeness (QED) is 0.221. The third kappa shape index (κ3) is 13.4. The Balaban J connectivity index is 2.93. The Morgan fingerprint density at radius 3 is 1.92 bits per heavy atom. The SMILES string of the molecule is CCCC(C)OC(=O)OC(C)CN[C@@H](Cc1ccc(OC(=O)CC(C)C)c(OC(=O)CC(C)C)c1)C(=O)O. The number of carbonyl (C=O) groups is 4. The van der Waals surface area contributed by atoms with Gasteiger partial charge in [-0.15, -0.1) is 0 Å². The predicted molar refractivity (Wildman–Crippen MR) is 141 cm³/mol. The van der Waals surface area contributed by atoms with E-state index in [1.165, 1.54) is 12.1 Å². The number of hydrogen-bond donors (Lipinski definition) is 2. The van der Waals surface area contributed by atoms with Crippen LogP contribution in [0.3, 0.4) is 0 Å². The summed E-state index contributed by atoms with van der Waals surface area (Å²) in [5.74, 6) is -1.77. The van der Waals surface area contributed by atoms with Gasteiger partial charge in [-0.3, -0.25) is 14.4 Å². The van der Waals surface area contributed by atoms with Gasteiger partial charge in [-0.1, -0.05) is 47.1 Å². The van der Waals surface area contributed by atoms with Crippen molar-refractivity contribution in [3.05, 3.63) is 23.8 Å². The Morgan fingerprint density at radius 1 is 0.842 bits per heavy atom. The molecule has 0 radical (unpaired) electrons. The van der Waals surface area contributed by atoms with Crippen LogP contribution >= 0.6 is 0 Å². The first-order chi connectivity index (χ1) is 17.8. The highest BCUT2D eigenvalue weighted by atomic mass is 16.7. The topological polar surface area (TPSA) is 137 Å². The van der Waals surface area contributed by atoms with Gasteiger partial charge in [0.15, 0.2) is 11.5 Å². The normalized spacial score (nSPS) is 13.5. The molecule has 0 aliphatic carbocycles. The van der Waals surface area contributed by atoms with Crippen LogP contribution in [-0.4, -0.2) is 54.0 Å². The van der Waals surface area contributed by atoms with Crippen molar-refractivity contribution >= 4 is 24.1 Å². The maximum Gasteiger partial charge on any atom is 0.508 e. The van der Waals surface area contributed by atoms with Gasteiger partial charge in [0.25, 0.3) is 0 Å². The smallest absolute Gasteiger partial charge is 0.480 e. The summed E-state index contributed by atoms with van der Waals surface area (Å²) in [5, 5.41) is 12.6. The number of carboxylic acids is 1. The zero-order valence-electron chi connectivity index (χ0n) is 23.6. The first-order valence-corrected chi connectivity index (χ1v) is 13.2. The van der Waals surface area contributed by atoms with Gasteiger partial charge in [-0.2, -0.15) is 0 Å². The Labute approximate surface area is 225 Å². The summed E-state index contributed by atoms with van der Waals surface area (Å²) in [7, 11) is 0. The minimum Gasteiger partial charge on any atom is -0.480 e. The molecule has 38 heavy (non-hydrogen) atoms. The van der Waals surface area contributed by atoms with Crippen molar-refractivity contribution in [1.82, 2.24) is 5.32 Å². The monoisotopic (exact) mass is 537 g/mol. The summed E-state index contributed by atoms with van der Waals surface area (Å²) < 4.78 is 21.3. The number of hydrogen-bond acceptors (Lipinski definition) is 9. The van der Waals surface area contributed by atoms with Crippen molar-refractivity contribution < 1.29 is 43.2 Å². The fourth-order valence-electron chi connectivity index (χ4n) is 3.49. The molecule has 0 saturated carbocycles. The van der Waals surface area contributed by atoms with Gasteiger partial charge >= 0.3 is 24.1 Å². The third-order valence-corrected chi connectivity index (χ3v) is 5.29. The lowest BCUT2D eigenvalue weighted by atomic mass is 10.0. The molecule has 1 aromatic carbocycles. The van der Waals surface area contributed by atoms with Crippen LogP contribution in [-0.2, 0) is 30.3 Å². The van der Waals surface area contributed by atoms with Crippen molar-refractivity contribution in [3.63, 3.8) is 0 Å². The molecule has 214 valence electrons. The Morgan fingerprint density at radius 2 is 1.39 bits per heavy atom. The third-order valence-electron chi connectivity index (χ3n) is 5.29. The molecule has 0 aromatic heterocycles. The molecule has 0 saturated heterocycles. The van der Waals surface area contributed by atoms with Crippen LogP contribution in [0.2, 0.25) is 0 Å². The summed E-state index contributed by atoms with van der Waals surface area (Å²) in [5.41, 5.74) is 0.544. The van der Waals surface area contributed by atoms with Gasteiger partial charge in [-0.25, -0.2) is 4.79 Å². The van der Waals surface area contributed by atoms with Crippen LogP contribution in [0.15, 0.2) is 18.2 Å². The number of nitrogens with one attached hydrogen (secondary N) is 1. The van der Waals surface area contributed by atoms with E-state index in [1.807, 2.05) is 34.6 Å². The van der Waals surface area contributed by atoms with Gasteiger partial charge in [0.05, 0.1) is 0 Å². The standard InChI is InChI=1S/C28H43NO9/c1-8-9-19(6)35-28(34)36-20(7)16-29-22(27(32)33)14-21-10-11-23(37-25(30)12-17(2)3)24(15-21)38-26(31)13-18(4)5/h10-11,15,17-20,22,29H,8-9,12-14,16H2,1-7H3,(H,32,33)/t19?,20?,22-/m0/s1. The Hall–Kier alpha value is -3.14. The largest absolute Gasteiger partial charge is 0.508 e. The summed E-state index contributed by atoms with van der Waals surface area (Å²) >= 11 is 0. The fraction of sp³-hybridized carbons (Fsp3) is 0.643. The van der Waals surface area contributed by atoms with Crippen LogP contribution in [0.1, 0.15) is 79.7 Å². The number of carboxylic acid groups (broad SMARTS) is 1. The highest BCUT2D eigenvalue weighted by Gasteiger charge is 2.22.